The van der Waals surface area contributed by atoms with Crippen molar-refractivity contribution in [1.82, 2.24) is 25.4 Å². The van der Waals surface area contributed by atoms with Gasteiger partial charge in [0.2, 0.25) is 5.91 Å². The molecule has 0 radical (unpaired) electrons. The van der Waals surface area contributed by atoms with Crippen LogP contribution in [0.4, 0.5) is 5.69 Å². The van der Waals surface area contributed by atoms with Gasteiger partial charge in [-0.15, -0.1) is 0 Å². The van der Waals surface area contributed by atoms with Crippen molar-refractivity contribution in [3.05, 3.63) is 16.9 Å². The van der Waals surface area contributed by atoms with Crippen LogP contribution in [0, 0.1) is 0 Å². The van der Waals surface area contributed by atoms with E-state index in [1.54, 1.807) is 6.20 Å². The Hall–Kier alpha value is -1.67. The second-order valence-electron chi connectivity index (χ2n) is 6.45. The van der Waals surface area contributed by atoms with E-state index < -0.39 is 0 Å². The van der Waals surface area contributed by atoms with Crippen molar-refractivity contribution in [2.75, 3.05) is 37.6 Å². The summed E-state index contributed by atoms with van der Waals surface area (Å²) >= 11 is 3.61. The van der Waals surface area contributed by atoms with Gasteiger partial charge in [0.1, 0.15) is 0 Å². The Bertz CT molecular complexity index is 733. The van der Waals surface area contributed by atoms with Crippen molar-refractivity contribution in [1.29, 1.82) is 0 Å². The molecule has 2 saturated heterocycles. The lowest BCUT2D eigenvalue weighted by Crippen LogP contribution is -2.49. The minimum Gasteiger partial charge on any atom is -0.366 e. The Morgan fingerprint density at radius 2 is 2.12 bits per heavy atom. The molecule has 1 amide bonds. The van der Waals surface area contributed by atoms with Crippen molar-refractivity contribution in [3.63, 3.8) is 0 Å². The van der Waals surface area contributed by atoms with Crippen LogP contribution in [0.1, 0.15) is 19.3 Å². The Morgan fingerprint density at radius 3 is 2.88 bits per heavy atom. The second kappa shape index (κ2) is 6.68. The van der Waals surface area contributed by atoms with E-state index in [2.05, 4.69) is 41.3 Å². The molecule has 1 atom stereocenters. The van der Waals surface area contributed by atoms with Gasteiger partial charge in [0.25, 0.3) is 0 Å². The monoisotopic (exact) mass is 392 g/mol. The van der Waals surface area contributed by atoms with Crippen molar-refractivity contribution in [3.8, 4) is 0 Å². The molecule has 2 aliphatic heterocycles. The van der Waals surface area contributed by atoms with Gasteiger partial charge in [-0.25, -0.2) is 4.98 Å². The first-order chi connectivity index (χ1) is 11.7. The number of nitrogens with zero attached hydrogens (tertiary/aromatic N) is 4. The van der Waals surface area contributed by atoms with Crippen LogP contribution in [-0.2, 0) is 4.79 Å². The summed E-state index contributed by atoms with van der Waals surface area (Å²) in [7, 11) is 0. The largest absolute Gasteiger partial charge is 0.366 e. The number of rotatable bonds is 3. The standard InChI is InChI=1S/C16H21BrN6O/c17-13-10-19-16-12(9-20-21-16)15(13)23-6-4-22(5-7-23)14(24)8-11-2-1-3-18-11/h9-11,18H,1-8H2,(H,19,20,21)/t11-/m1/s1. The highest BCUT2D eigenvalue weighted by molar-refractivity contribution is 9.10. The number of aromatic amines is 1. The van der Waals surface area contributed by atoms with E-state index in [-0.39, 0.29) is 5.91 Å². The van der Waals surface area contributed by atoms with Crippen molar-refractivity contribution < 1.29 is 4.79 Å². The minimum atomic E-state index is 0.274. The van der Waals surface area contributed by atoms with Gasteiger partial charge in [0.15, 0.2) is 5.65 Å². The second-order valence-corrected chi connectivity index (χ2v) is 7.31. The molecule has 0 aromatic carbocycles. The third kappa shape index (κ3) is 3.00. The SMILES string of the molecule is O=C(C[C@H]1CCCN1)N1CCN(c2c(Br)cnc3[nH]ncc23)CC1. The molecule has 0 unspecified atom stereocenters. The fourth-order valence-electron chi connectivity index (χ4n) is 3.63. The summed E-state index contributed by atoms with van der Waals surface area (Å²) in [5, 5.41) is 11.4. The molecule has 2 aromatic heterocycles. The summed E-state index contributed by atoms with van der Waals surface area (Å²) in [4.78, 5) is 21.1. The molecule has 128 valence electrons. The molecular formula is C16H21BrN6O. The van der Waals surface area contributed by atoms with Gasteiger partial charge in [0.05, 0.1) is 21.7 Å². The Labute approximate surface area is 148 Å². The van der Waals surface area contributed by atoms with E-state index in [1.165, 1.54) is 6.42 Å². The van der Waals surface area contributed by atoms with Crippen LogP contribution in [0.5, 0.6) is 0 Å². The average Bonchev–Trinajstić information content (AvgIpc) is 3.26. The first-order valence-electron chi connectivity index (χ1n) is 8.46. The van der Waals surface area contributed by atoms with Crippen LogP contribution >= 0.6 is 15.9 Å². The summed E-state index contributed by atoms with van der Waals surface area (Å²) in [6.45, 7) is 4.22. The molecule has 2 N–H and O–H groups in total. The number of piperazine rings is 1. The third-order valence-corrected chi connectivity index (χ3v) is 5.52. The Balaban J connectivity index is 1.43. The molecule has 4 heterocycles. The molecule has 2 aliphatic rings. The number of H-pyrrole nitrogens is 1. The van der Waals surface area contributed by atoms with Gasteiger partial charge in [-0.1, -0.05) is 0 Å². The van der Waals surface area contributed by atoms with Gasteiger partial charge in [0, 0.05) is 44.8 Å². The maximum absolute atomic E-state index is 12.5. The summed E-state index contributed by atoms with van der Waals surface area (Å²) in [6.07, 6.45) is 6.55. The van der Waals surface area contributed by atoms with Crippen LogP contribution in [0.25, 0.3) is 11.0 Å². The Kier molecular flexibility index (Phi) is 4.41. The van der Waals surface area contributed by atoms with Crippen LogP contribution in [0.15, 0.2) is 16.9 Å². The molecule has 0 bridgehead atoms. The topological polar surface area (TPSA) is 77.2 Å². The Morgan fingerprint density at radius 1 is 1.29 bits per heavy atom. The van der Waals surface area contributed by atoms with Gasteiger partial charge in [-0.2, -0.15) is 5.10 Å². The van der Waals surface area contributed by atoms with Crippen LogP contribution in [0.2, 0.25) is 0 Å². The number of anilines is 1. The molecule has 24 heavy (non-hydrogen) atoms. The molecule has 0 spiro atoms. The number of amides is 1. The van der Waals surface area contributed by atoms with Gasteiger partial charge in [-0.05, 0) is 35.3 Å². The van der Waals surface area contributed by atoms with Crippen LogP contribution in [0.3, 0.4) is 0 Å². The number of fused-ring (bicyclic) bond motifs is 1. The number of carbonyl (C=O) groups excluding carboxylic acids is 1. The molecule has 0 saturated carbocycles. The molecular weight excluding hydrogens is 372 g/mol. The molecule has 2 aromatic rings. The quantitative estimate of drug-likeness (QED) is 0.827. The summed E-state index contributed by atoms with van der Waals surface area (Å²) < 4.78 is 0.964. The molecule has 4 rings (SSSR count). The predicted octanol–water partition coefficient (Wildman–Crippen LogP) is 1.51. The fourth-order valence-corrected chi connectivity index (χ4v) is 4.20. The van der Waals surface area contributed by atoms with Crippen molar-refractivity contribution in [2.45, 2.75) is 25.3 Å². The number of carbonyl (C=O) groups is 1. The summed E-state index contributed by atoms with van der Waals surface area (Å²) in [5.41, 5.74) is 1.90. The number of pyridine rings is 1. The maximum Gasteiger partial charge on any atom is 0.224 e. The van der Waals surface area contributed by atoms with E-state index in [1.807, 2.05) is 11.1 Å². The van der Waals surface area contributed by atoms with E-state index in [9.17, 15) is 4.79 Å². The van der Waals surface area contributed by atoms with E-state index in [0.29, 0.717) is 12.5 Å². The third-order valence-electron chi connectivity index (χ3n) is 4.94. The summed E-state index contributed by atoms with van der Waals surface area (Å²) in [5.74, 6) is 0.274. The van der Waals surface area contributed by atoms with Crippen molar-refractivity contribution in [2.24, 2.45) is 0 Å². The minimum absolute atomic E-state index is 0.274. The predicted molar refractivity (Wildman–Crippen MR) is 96.0 cm³/mol. The highest BCUT2D eigenvalue weighted by Gasteiger charge is 2.26. The highest BCUT2D eigenvalue weighted by Crippen LogP contribution is 2.33. The number of aromatic nitrogens is 3. The number of hydrogen-bond acceptors (Lipinski definition) is 5. The van der Waals surface area contributed by atoms with E-state index in [4.69, 9.17) is 0 Å². The maximum atomic E-state index is 12.5. The van der Waals surface area contributed by atoms with E-state index >= 15 is 0 Å². The lowest BCUT2D eigenvalue weighted by atomic mass is 10.1. The number of halogens is 1. The molecule has 0 aliphatic carbocycles. The molecule has 2 fully saturated rings. The molecule has 7 nitrogen and oxygen atoms in total. The first kappa shape index (κ1) is 15.8. The highest BCUT2D eigenvalue weighted by atomic mass is 79.9. The van der Waals surface area contributed by atoms with Gasteiger partial charge < -0.3 is 15.1 Å². The summed E-state index contributed by atoms with van der Waals surface area (Å²) in [6, 6.07) is 0.371. The van der Waals surface area contributed by atoms with Crippen LogP contribution < -0.4 is 10.2 Å². The normalized spacial score (nSPS) is 21.6. The van der Waals surface area contributed by atoms with Gasteiger partial charge >= 0.3 is 0 Å². The zero-order valence-corrected chi connectivity index (χ0v) is 15.0. The zero-order chi connectivity index (χ0) is 16.5. The smallest absolute Gasteiger partial charge is 0.224 e. The fraction of sp³-hybridized carbons (Fsp3) is 0.562. The van der Waals surface area contributed by atoms with Crippen molar-refractivity contribution >= 4 is 38.6 Å². The number of hydrogen-bond donors (Lipinski definition) is 2. The van der Waals surface area contributed by atoms with Gasteiger partial charge in [-0.3, -0.25) is 9.89 Å². The lowest BCUT2D eigenvalue weighted by molar-refractivity contribution is -0.131. The molecule has 8 heteroatoms. The zero-order valence-electron chi connectivity index (χ0n) is 13.5. The number of nitrogens with one attached hydrogen (secondary N) is 2. The first-order valence-corrected chi connectivity index (χ1v) is 9.25. The average molecular weight is 393 g/mol. The van der Waals surface area contributed by atoms with Crippen LogP contribution in [-0.4, -0.2) is 64.8 Å². The lowest BCUT2D eigenvalue weighted by Gasteiger charge is -2.37. The van der Waals surface area contributed by atoms with E-state index in [0.717, 1.165) is 60.3 Å².